The minimum atomic E-state index is -0.771. The zero-order valence-corrected chi connectivity index (χ0v) is 12.1. The third kappa shape index (κ3) is 4.49. The minimum absolute atomic E-state index is 0.113. The maximum atomic E-state index is 9.71. The van der Waals surface area contributed by atoms with E-state index in [0.717, 1.165) is 17.5 Å². The predicted octanol–water partition coefficient (Wildman–Crippen LogP) is 2.00. The maximum absolute atomic E-state index is 9.71. The Labute approximate surface area is 109 Å². The number of nitrogens with one attached hydrogen (secondary N) is 2. The summed E-state index contributed by atoms with van der Waals surface area (Å²) in [4.78, 5) is 8.93. The Kier molecular flexibility index (Phi) is 4.16. The number of hydrogen-bond acceptors (Lipinski definition) is 5. The molecule has 0 aromatic carbocycles. The van der Waals surface area contributed by atoms with E-state index in [-0.39, 0.29) is 5.41 Å². The summed E-state index contributed by atoms with van der Waals surface area (Å²) in [5, 5.41) is 15.9. The molecule has 0 saturated heterocycles. The largest absolute Gasteiger partial charge is 0.389 e. The van der Waals surface area contributed by atoms with Crippen LogP contribution in [0.4, 0.5) is 11.6 Å². The van der Waals surface area contributed by atoms with Crippen molar-refractivity contribution >= 4 is 11.6 Å². The van der Waals surface area contributed by atoms with Gasteiger partial charge in [0.1, 0.15) is 17.5 Å². The van der Waals surface area contributed by atoms with Gasteiger partial charge in [-0.05, 0) is 13.8 Å². The summed E-state index contributed by atoms with van der Waals surface area (Å²) in [7, 11) is 1.83. The maximum Gasteiger partial charge on any atom is 0.138 e. The van der Waals surface area contributed by atoms with E-state index in [0.29, 0.717) is 6.54 Å². The first-order valence-corrected chi connectivity index (χ1v) is 6.15. The number of rotatable bonds is 4. The Hall–Kier alpha value is -1.36. The van der Waals surface area contributed by atoms with Crippen molar-refractivity contribution in [3.8, 4) is 0 Å². The molecular weight excluding hydrogens is 228 g/mol. The Balaban J connectivity index is 2.98. The highest BCUT2D eigenvalue weighted by Crippen LogP contribution is 2.22. The van der Waals surface area contributed by atoms with Crippen LogP contribution in [0, 0.1) is 0 Å². The molecule has 18 heavy (non-hydrogen) atoms. The van der Waals surface area contributed by atoms with Gasteiger partial charge in [-0.1, -0.05) is 20.8 Å². The number of hydrogen-bond donors (Lipinski definition) is 3. The lowest BCUT2D eigenvalue weighted by Crippen LogP contribution is -2.30. The van der Waals surface area contributed by atoms with Gasteiger partial charge >= 0.3 is 0 Å². The van der Waals surface area contributed by atoms with Crippen LogP contribution in [0.1, 0.15) is 40.4 Å². The number of nitrogens with zero attached hydrogens (tertiary/aromatic N) is 2. The van der Waals surface area contributed by atoms with Gasteiger partial charge in [-0.25, -0.2) is 9.97 Å². The van der Waals surface area contributed by atoms with Crippen LogP contribution in [0.5, 0.6) is 0 Å². The summed E-state index contributed by atoms with van der Waals surface area (Å²) in [5.74, 6) is 2.27. The van der Waals surface area contributed by atoms with Crippen molar-refractivity contribution in [2.75, 3.05) is 24.2 Å². The minimum Gasteiger partial charge on any atom is -0.389 e. The molecule has 1 aromatic rings. The number of anilines is 2. The Morgan fingerprint density at radius 2 is 1.67 bits per heavy atom. The van der Waals surface area contributed by atoms with Crippen molar-refractivity contribution in [3.05, 3.63) is 11.9 Å². The van der Waals surface area contributed by atoms with Crippen LogP contribution < -0.4 is 10.6 Å². The van der Waals surface area contributed by atoms with Crippen molar-refractivity contribution in [1.29, 1.82) is 0 Å². The van der Waals surface area contributed by atoms with Crippen molar-refractivity contribution in [2.45, 2.75) is 45.6 Å². The second-order valence-electron chi connectivity index (χ2n) is 6.13. The summed E-state index contributed by atoms with van der Waals surface area (Å²) in [5.41, 5.74) is -0.884. The predicted molar refractivity (Wildman–Crippen MR) is 75.1 cm³/mol. The summed E-state index contributed by atoms with van der Waals surface area (Å²) in [6.45, 7) is 10.2. The molecule has 1 heterocycles. The van der Waals surface area contributed by atoms with Crippen LogP contribution in [-0.2, 0) is 5.41 Å². The highest BCUT2D eigenvalue weighted by Gasteiger charge is 2.19. The third-order valence-corrected chi connectivity index (χ3v) is 2.36. The second-order valence-corrected chi connectivity index (χ2v) is 6.13. The van der Waals surface area contributed by atoms with Crippen molar-refractivity contribution in [1.82, 2.24) is 9.97 Å². The average molecular weight is 252 g/mol. The highest BCUT2D eigenvalue weighted by atomic mass is 16.3. The number of aliphatic hydroxyl groups is 1. The molecule has 0 unspecified atom stereocenters. The van der Waals surface area contributed by atoms with E-state index in [4.69, 9.17) is 0 Å². The van der Waals surface area contributed by atoms with Crippen molar-refractivity contribution < 1.29 is 5.11 Å². The molecule has 0 saturated carbocycles. The number of aromatic nitrogens is 2. The van der Waals surface area contributed by atoms with Gasteiger partial charge in [0, 0.05) is 25.1 Å². The van der Waals surface area contributed by atoms with Gasteiger partial charge in [0.2, 0.25) is 0 Å². The molecule has 5 nitrogen and oxygen atoms in total. The SMILES string of the molecule is CNc1cc(NCC(C)(C)O)nc(C(C)(C)C)n1. The zero-order chi connectivity index (χ0) is 14.0. The normalized spacial score (nSPS) is 12.4. The van der Waals surface area contributed by atoms with Gasteiger partial charge in [-0.2, -0.15) is 0 Å². The van der Waals surface area contributed by atoms with Gasteiger partial charge < -0.3 is 15.7 Å². The quantitative estimate of drug-likeness (QED) is 0.764. The van der Waals surface area contributed by atoms with Crippen LogP contribution in [0.3, 0.4) is 0 Å². The first-order chi connectivity index (χ1) is 8.12. The van der Waals surface area contributed by atoms with Gasteiger partial charge in [-0.15, -0.1) is 0 Å². The van der Waals surface area contributed by atoms with E-state index in [1.807, 2.05) is 13.1 Å². The Morgan fingerprint density at radius 3 is 2.11 bits per heavy atom. The van der Waals surface area contributed by atoms with Gasteiger partial charge in [0.15, 0.2) is 0 Å². The first kappa shape index (κ1) is 14.7. The van der Waals surface area contributed by atoms with E-state index in [1.54, 1.807) is 13.8 Å². The molecule has 0 aliphatic heterocycles. The van der Waals surface area contributed by atoms with Gasteiger partial charge in [0.25, 0.3) is 0 Å². The fourth-order valence-electron chi connectivity index (χ4n) is 1.31. The van der Waals surface area contributed by atoms with E-state index in [1.165, 1.54) is 0 Å². The lowest BCUT2D eigenvalue weighted by atomic mass is 9.96. The summed E-state index contributed by atoms with van der Waals surface area (Å²) in [6, 6.07) is 1.83. The van der Waals surface area contributed by atoms with E-state index in [2.05, 4.69) is 41.4 Å². The fourth-order valence-corrected chi connectivity index (χ4v) is 1.31. The smallest absolute Gasteiger partial charge is 0.138 e. The molecule has 0 bridgehead atoms. The van der Waals surface area contributed by atoms with E-state index in [9.17, 15) is 5.11 Å². The molecule has 0 aliphatic carbocycles. The first-order valence-electron chi connectivity index (χ1n) is 6.15. The van der Waals surface area contributed by atoms with Crippen LogP contribution in [0.15, 0.2) is 6.07 Å². The molecule has 0 radical (unpaired) electrons. The molecule has 0 spiro atoms. The molecule has 5 heteroatoms. The molecule has 102 valence electrons. The summed E-state index contributed by atoms with van der Waals surface area (Å²) in [6.07, 6.45) is 0. The molecule has 1 aromatic heterocycles. The van der Waals surface area contributed by atoms with Crippen LogP contribution >= 0.6 is 0 Å². The Morgan fingerprint density at radius 1 is 1.11 bits per heavy atom. The van der Waals surface area contributed by atoms with Gasteiger partial charge in [0.05, 0.1) is 5.60 Å². The standard InChI is InChI=1S/C13H24N4O/c1-12(2,3)11-16-9(14-6)7-10(17-11)15-8-13(4,5)18/h7,18H,8H2,1-6H3,(H2,14,15,16,17). The van der Waals surface area contributed by atoms with Crippen LogP contribution in [0.2, 0.25) is 0 Å². The molecule has 0 atom stereocenters. The molecule has 0 fully saturated rings. The highest BCUT2D eigenvalue weighted by molar-refractivity contribution is 5.48. The molecule has 3 N–H and O–H groups in total. The lowest BCUT2D eigenvalue weighted by Gasteiger charge is -2.21. The topological polar surface area (TPSA) is 70.1 Å². The summed E-state index contributed by atoms with van der Waals surface area (Å²) >= 11 is 0. The molecule has 0 amide bonds. The molecule has 0 aliphatic rings. The fraction of sp³-hybridized carbons (Fsp3) is 0.692. The average Bonchev–Trinajstić information content (AvgIpc) is 2.24. The monoisotopic (exact) mass is 252 g/mol. The van der Waals surface area contributed by atoms with E-state index >= 15 is 0 Å². The third-order valence-electron chi connectivity index (χ3n) is 2.36. The summed E-state index contributed by atoms with van der Waals surface area (Å²) < 4.78 is 0. The van der Waals surface area contributed by atoms with E-state index < -0.39 is 5.60 Å². The van der Waals surface area contributed by atoms with Crippen LogP contribution in [0.25, 0.3) is 0 Å². The van der Waals surface area contributed by atoms with Crippen LogP contribution in [-0.4, -0.2) is 34.3 Å². The Bertz CT molecular complexity index is 404. The second kappa shape index (κ2) is 5.10. The lowest BCUT2D eigenvalue weighted by molar-refractivity contribution is 0.0944. The zero-order valence-electron chi connectivity index (χ0n) is 12.1. The molecular formula is C13H24N4O. The van der Waals surface area contributed by atoms with Gasteiger partial charge in [-0.3, -0.25) is 0 Å². The van der Waals surface area contributed by atoms with Crippen molar-refractivity contribution in [3.63, 3.8) is 0 Å². The molecule has 1 rings (SSSR count). The van der Waals surface area contributed by atoms with Crippen molar-refractivity contribution in [2.24, 2.45) is 0 Å².